The Labute approximate surface area is 128 Å². The van der Waals surface area contributed by atoms with Crippen molar-refractivity contribution in [2.45, 2.75) is 57.8 Å². The quantitative estimate of drug-likeness (QED) is 0.523. The van der Waals surface area contributed by atoms with Crippen LogP contribution in [0.5, 0.6) is 0 Å². The lowest BCUT2D eigenvalue weighted by Crippen LogP contribution is -2.42. The fourth-order valence-electron chi connectivity index (χ4n) is 2.30. The number of fused-ring (bicyclic) bond motifs is 1. The number of hydrogen-bond donors (Lipinski definition) is 0. The highest BCUT2D eigenvalue weighted by molar-refractivity contribution is 6.74. The molecule has 2 nitrogen and oxygen atoms in total. The molecule has 20 heavy (non-hydrogen) atoms. The van der Waals surface area contributed by atoms with Gasteiger partial charge in [0.2, 0.25) is 0 Å². The zero-order valence-corrected chi connectivity index (χ0v) is 14.8. The van der Waals surface area contributed by atoms with Crippen molar-refractivity contribution in [3.63, 3.8) is 0 Å². The first-order valence-corrected chi connectivity index (χ1v) is 10.4. The van der Waals surface area contributed by atoms with Crippen LogP contribution in [0.4, 0.5) is 0 Å². The molecule has 0 bridgehead atoms. The Kier molecular flexibility index (Phi) is 4.16. The predicted octanol–water partition coefficient (Wildman–Crippen LogP) is 5.60. The van der Waals surface area contributed by atoms with Gasteiger partial charge in [0.05, 0.1) is 6.10 Å². The Hall–Kier alpha value is -0.643. The molecule has 0 spiro atoms. The molecule has 1 aromatic rings. The van der Waals surface area contributed by atoms with E-state index >= 15 is 0 Å². The van der Waals surface area contributed by atoms with E-state index in [0.29, 0.717) is 5.15 Å². The Balaban J connectivity index is 2.38. The van der Waals surface area contributed by atoms with Gasteiger partial charge in [-0.1, -0.05) is 39.0 Å². The molecule has 0 saturated heterocycles. The van der Waals surface area contributed by atoms with E-state index in [1.807, 2.05) is 6.07 Å². The number of halogens is 1. The maximum Gasteiger partial charge on any atom is 0.192 e. The van der Waals surface area contributed by atoms with Gasteiger partial charge in [-0.05, 0) is 48.2 Å². The summed E-state index contributed by atoms with van der Waals surface area (Å²) < 4.78 is 6.57. The van der Waals surface area contributed by atoms with Gasteiger partial charge < -0.3 is 4.43 Å². The molecule has 1 atom stereocenters. The zero-order chi connectivity index (χ0) is 15.1. The van der Waals surface area contributed by atoms with Gasteiger partial charge in [-0.25, -0.2) is 4.98 Å². The summed E-state index contributed by atoms with van der Waals surface area (Å²) in [5.74, 6) is 0. The molecule has 1 aromatic heterocycles. The van der Waals surface area contributed by atoms with Crippen molar-refractivity contribution in [1.82, 2.24) is 4.98 Å². The molecule has 0 fully saturated rings. The van der Waals surface area contributed by atoms with Gasteiger partial charge in [0.15, 0.2) is 8.32 Å². The van der Waals surface area contributed by atoms with E-state index < -0.39 is 8.32 Å². The van der Waals surface area contributed by atoms with E-state index in [9.17, 15) is 0 Å². The normalized spacial score (nSPS) is 19.9. The highest BCUT2D eigenvalue weighted by Gasteiger charge is 2.41. The van der Waals surface area contributed by atoms with E-state index in [1.54, 1.807) is 6.20 Å². The highest BCUT2D eigenvalue weighted by Crippen LogP contribution is 2.46. The summed E-state index contributed by atoms with van der Waals surface area (Å²) in [5, 5.41) is 0.753. The fraction of sp³-hybridized carbons (Fsp3) is 0.562. The molecule has 0 aromatic carbocycles. The van der Waals surface area contributed by atoms with Crippen molar-refractivity contribution in [2.24, 2.45) is 0 Å². The van der Waals surface area contributed by atoms with Gasteiger partial charge in [0.25, 0.3) is 0 Å². The maximum absolute atomic E-state index is 6.57. The van der Waals surface area contributed by atoms with Crippen molar-refractivity contribution in [3.05, 3.63) is 35.1 Å². The molecule has 1 unspecified atom stereocenters. The monoisotopic (exact) mass is 309 g/mol. The zero-order valence-electron chi connectivity index (χ0n) is 13.1. The summed E-state index contributed by atoms with van der Waals surface area (Å²) in [6.45, 7) is 15.5. The van der Waals surface area contributed by atoms with Gasteiger partial charge in [0, 0.05) is 11.8 Å². The average Bonchev–Trinajstić information content (AvgIpc) is 2.31. The van der Waals surface area contributed by atoms with Crippen LogP contribution in [0.25, 0.3) is 5.57 Å². The number of pyridine rings is 1. The van der Waals surface area contributed by atoms with Gasteiger partial charge in [0.1, 0.15) is 5.15 Å². The predicted molar refractivity (Wildman–Crippen MR) is 88.5 cm³/mol. The van der Waals surface area contributed by atoms with E-state index in [2.05, 4.69) is 45.4 Å². The Morgan fingerprint density at radius 2 is 2.05 bits per heavy atom. The van der Waals surface area contributed by atoms with E-state index in [-0.39, 0.29) is 11.1 Å². The van der Waals surface area contributed by atoms with Crippen molar-refractivity contribution in [3.8, 4) is 0 Å². The molecule has 0 radical (unpaired) electrons. The second-order valence-corrected chi connectivity index (χ2v) is 12.2. The second-order valence-electron chi connectivity index (χ2n) is 7.07. The van der Waals surface area contributed by atoms with Gasteiger partial charge >= 0.3 is 0 Å². The molecule has 1 heterocycles. The van der Waals surface area contributed by atoms with Crippen LogP contribution in [0.3, 0.4) is 0 Å². The molecular weight excluding hydrogens is 286 g/mol. The van der Waals surface area contributed by atoms with E-state index in [1.165, 1.54) is 0 Å². The van der Waals surface area contributed by atoms with Crippen LogP contribution >= 0.6 is 11.6 Å². The molecule has 1 aliphatic rings. The standard InChI is InChI=1S/C16H24ClNOSi/c1-11-7-8-13(19-20(5,6)16(2,3)4)14-12(11)9-10-18-15(14)17/h9-10,13H,1,7-8H2,2-6H3. The highest BCUT2D eigenvalue weighted by atomic mass is 35.5. The minimum atomic E-state index is -1.82. The molecule has 0 aliphatic heterocycles. The summed E-state index contributed by atoms with van der Waals surface area (Å²) in [6.07, 6.45) is 3.72. The van der Waals surface area contributed by atoms with Gasteiger partial charge in [-0.2, -0.15) is 0 Å². The second kappa shape index (κ2) is 5.28. The van der Waals surface area contributed by atoms with Crippen LogP contribution in [0.15, 0.2) is 18.8 Å². The van der Waals surface area contributed by atoms with Crippen LogP contribution in [-0.4, -0.2) is 13.3 Å². The third-order valence-corrected chi connectivity index (χ3v) is 9.38. The summed E-state index contributed by atoms with van der Waals surface area (Å²) in [6, 6.07) is 2.00. The fourth-order valence-corrected chi connectivity index (χ4v) is 3.88. The number of aromatic nitrogens is 1. The van der Waals surface area contributed by atoms with Crippen LogP contribution in [0.1, 0.15) is 50.8 Å². The molecule has 0 N–H and O–H groups in total. The van der Waals surface area contributed by atoms with Crippen molar-refractivity contribution < 1.29 is 4.43 Å². The third kappa shape index (κ3) is 2.85. The summed E-state index contributed by atoms with van der Waals surface area (Å²) >= 11 is 6.33. The number of nitrogens with zero attached hydrogens (tertiary/aromatic N) is 1. The molecule has 2 rings (SSSR count). The van der Waals surface area contributed by atoms with Gasteiger partial charge in [-0.3, -0.25) is 0 Å². The third-order valence-electron chi connectivity index (χ3n) is 4.60. The molecule has 110 valence electrons. The van der Waals surface area contributed by atoms with Crippen LogP contribution in [0, 0.1) is 0 Å². The van der Waals surface area contributed by atoms with Crippen LogP contribution < -0.4 is 0 Å². The number of rotatable bonds is 2. The first-order valence-electron chi connectivity index (χ1n) is 7.14. The summed E-state index contributed by atoms with van der Waals surface area (Å²) in [4.78, 5) is 4.23. The SMILES string of the molecule is C=C1CCC(O[Si](C)(C)C(C)(C)C)c2c1ccnc2Cl. The van der Waals surface area contributed by atoms with Crippen LogP contribution in [-0.2, 0) is 4.43 Å². The first-order chi connectivity index (χ1) is 9.13. The Morgan fingerprint density at radius 1 is 1.40 bits per heavy atom. The number of hydrogen-bond acceptors (Lipinski definition) is 2. The van der Waals surface area contributed by atoms with Gasteiger partial charge in [-0.15, -0.1) is 0 Å². The largest absolute Gasteiger partial charge is 0.410 e. The molecule has 1 aliphatic carbocycles. The molecule has 0 saturated carbocycles. The Morgan fingerprint density at radius 3 is 2.65 bits per heavy atom. The summed E-state index contributed by atoms with van der Waals surface area (Å²) in [7, 11) is -1.82. The number of allylic oxidation sites excluding steroid dienone is 1. The smallest absolute Gasteiger partial charge is 0.192 e. The lowest BCUT2D eigenvalue weighted by Gasteiger charge is -2.41. The minimum absolute atomic E-state index is 0.0533. The van der Waals surface area contributed by atoms with Crippen molar-refractivity contribution >= 4 is 25.5 Å². The minimum Gasteiger partial charge on any atom is -0.410 e. The first kappa shape index (κ1) is 15.7. The molecular formula is C16H24ClNOSi. The van der Waals surface area contributed by atoms with E-state index in [0.717, 1.165) is 29.5 Å². The maximum atomic E-state index is 6.57. The van der Waals surface area contributed by atoms with Crippen molar-refractivity contribution in [2.75, 3.05) is 0 Å². The van der Waals surface area contributed by atoms with Crippen molar-refractivity contribution in [1.29, 1.82) is 0 Å². The van der Waals surface area contributed by atoms with E-state index in [4.69, 9.17) is 16.0 Å². The van der Waals surface area contributed by atoms with Crippen LogP contribution in [0.2, 0.25) is 23.3 Å². The topological polar surface area (TPSA) is 22.1 Å². The summed E-state index contributed by atoms with van der Waals surface area (Å²) in [5.41, 5.74) is 3.30. The lowest BCUT2D eigenvalue weighted by molar-refractivity contribution is 0.171. The average molecular weight is 310 g/mol. The molecule has 4 heteroatoms. The Bertz CT molecular complexity index is 534. The lowest BCUT2D eigenvalue weighted by atomic mass is 9.88. The molecule has 0 amide bonds.